The maximum absolute atomic E-state index is 12.5. The largest absolute Gasteiger partial charge is 0.478 e. The maximum atomic E-state index is 12.5. The highest BCUT2D eigenvalue weighted by atomic mass is 32.2. The highest BCUT2D eigenvalue weighted by Gasteiger charge is 2.31. The predicted molar refractivity (Wildman–Crippen MR) is 70.6 cm³/mol. The summed E-state index contributed by atoms with van der Waals surface area (Å²) in [6, 6.07) is 5.76. The number of carboxylic acids is 1. The molecule has 0 bridgehead atoms. The molecule has 1 N–H and O–H groups in total. The van der Waals surface area contributed by atoms with Gasteiger partial charge in [0.2, 0.25) is 10.0 Å². The first-order chi connectivity index (χ1) is 8.93. The average Bonchev–Trinajstić information content (AvgIpc) is 2.38. The Labute approximate surface area is 112 Å². The molecule has 1 saturated heterocycles. The number of hydrogen-bond donors (Lipinski definition) is 1. The van der Waals surface area contributed by atoms with E-state index in [2.05, 4.69) is 0 Å². The Bertz CT molecular complexity index is 582. The molecule has 1 aromatic rings. The lowest BCUT2D eigenvalue weighted by atomic mass is 10.0. The number of sulfonamides is 1. The van der Waals surface area contributed by atoms with E-state index in [1.807, 2.05) is 6.92 Å². The van der Waals surface area contributed by atoms with Crippen molar-refractivity contribution >= 4 is 16.0 Å². The Kier molecular flexibility index (Phi) is 3.91. The molecule has 6 heteroatoms. The van der Waals surface area contributed by atoms with Gasteiger partial charge in [-0.05, 0) is 30.9 Å². The van der Waals surface area contributed by atoms with E-state index in [-0.39, 0.29) is 10.5 Å². The first kappa shape index (κ1) is 14.0. The fourth-order valence-corrected chi connectivity index (χ4v) is 4.15. The van der Waals surface area contributed by atoms with Crippen molar-refractivity contribution < 1.29 is 18.3 Å². The SMILES string of the molecule is CC1CCCN(S(=O)(=O)c2ccccc2C(=O)O)C1. The molecule has 1 atom stereocenters. The Morgan fingerprint density at radius 1 is 1.37 bits per heavy atom. The zero-order valence-electron chi connectivity index (χ0n) is 10.7. The molecule has 0 saturated carbocycles. The number of carbonyl (C=O) groups is 1. The molecule has 0 radical (unpaired) electrons. The minimum Gasteiger partial charge on any atom is -0.478 e. The minimum atomic E-state index is -3.72. The van der Waals surface area contributed by atoms with E-state index in [1.54, 1.807) is 6.07 Å². The quantitative estimate of drug-likeness (QED) is 0.918. The van der Waals surface area contributed by atoms with Gasteiger partial charge in [-0.15, -0.1) is 0 Å². The number of rotatable bonds is 3. The summed E-state index contributed by atoms with van der Waals surface area (Å²) in [5.74, 6) is -0.912. The number of piperidine rings is 1. The van der Waals surface area contributed by atoms with Crippen molar-refractivity contribution in [2.24, 2.45) is 5.92 Å². The van der Waals surface area contributed by atoms with Crippen LogP contribution in [0.5, 0.6) is 0 Å². The molecule has 0 aliphatic carbocycles. The van der Waals surface area contributed by atoms with Crippen LogP contribution < -0.4 is 0 Å². The first-order valence-corrected chi connectivity index (χ1v) is 7.69. The summed E-state index contributed by atoms with van der Waals surface area (Å²) >= 11 is 0. The third-order valence-corrected chi connectivity index (χ3v) is 5.28. The number of aromatic carboxylic acids is 1. The molecular weight excluding hydrogens is 266 g/mol. The van der Waals surface area contributed by atoms with Gasteiger partial charge < -0.3 is 5.11 Å². The van der Waals surface area contributed by atoms with Gasteiger partial charge in [0, 0.05) is 13.1 Å². The number of hydrogen-bond acceptors (Lipinski definition) is 3. The van der Waals surface area contributed by atoms with E-state index in [9.17, 15) is 13.2 Å². The van der Waals surface area contributed by atoms with Gasteiger partial charge in [0.1, 0.15) is 0 Å². The lowest BCUT2D eigenvalue weighted by molar-refractivity contribution is 0.0692. The van der Waals surface area contributed by atoms with Crippen LogP contribution in [0.3, 0.4) is 0 Å². The Morgan fingerprint density at radius 2 is 2.05 bits per heavy atom. The molecule has 2 rings (SSSR count). The maximum Gasteiger partial charge on any atom is 0.337 e. The molecule has 104 valence electrons. The van der Waals surface area contributed by atoms with E-state index < -0.39 is 16.0 Å². The third-order valence-electron chi connectivity index (χ3n) is 3.36. The van der Waals surface area contributed by atoms with Gasteiger partial charge in [0.15, 0.2) is 0 Å². The molecule has 0 amide bonds. The van der Waals surface area contributed by atoms with E-state index in [0.29, 0.717) is 19.0 Å². The number of carboxylic acid groups (broad SMARTS) is 1. The second kappa shape index (κ2) is 5.30. The van der Waals surface area contributed by atoms with Crippen molar-refractivity contribution in [3.8, 4) is 0 Å². The molecule has 1 fully saturated rings. The van der Waals surface area contributed by atoms with Crippen LogP contribution >= 0.6 is 0 Å². The van der Waals surface area contributed by atoms with Crippen molar-refractivity contribution in [2.45, 2.75) is 24.7 Å². The lowest BCUT2D eigenvalue weighted by Gasteiger charge is -2.30. The summed E-state index contributed by atoms with van der Waals surface area (Å²) in [6.07, 6.45) is 1.82. The summed E-state index contributed by atoms with van der Waals surface area (Å²) < 4.78 is 26.4. The molecular formula is C13H17NO4S. The van der Waals surface area contributed by atoms with E-state index in [1.165, 1.54) is 22.5 Å². The summed E-state index contributed by atoms with van der Waals surface area (Å²) in [4.78, 5) is 11.0. The van der Waals surface area contributed by atoms with Gasteiger partial charge in [-0.1, -0.05) is 19.1 Å². The van der Waals surface area contributed by atoms with Gasteiger partial charge in [0.25, 0.3) is 0 Å². The fraction of sp³-hybridized carbons (Fsp3) is 0.462. The summed E-state index contributed by atoms with van der Waals surface area (Å²) in [5, 5.41) is 9.10. The Morgan fingerprint density at radius 3 is 2.68 bits per heavy atom. The molecule has 1 heterocycles. The smallest absolute Gasteiger partial charge is 0.337 e. The van der Waals surface area contributed by atoms with Crippen LogP contribution in [0.1, 0.15) is 30.1 Å². The molecule has 19 heavy (non-hydrogen) atoms. The van der Waals surface area contributed by atoms with Crippen molar-refractivity contribution in [3.63, 3.8) is 0 Å². The van der Waals surface area contributed by atoms with E-state index >= 15 is 0 Å². The van der Waals surface area contributed by atoms with E-state index in [0.717, 1.165) is 12.8 Å². The van der Waals surface area contributed by atoms with Crippen molar-refractivity contribution in [3.05, 3.63) is 29.8 Å². The van der Waals surface area contributed by atoms with Crippen LogP contribution in [-0.2, 0) is 10.0 Å². The third kappa shape index (κ3) is 2.79. The van der Waals surface area contributed by atoms with Crippen LogP contribution in [0.4, 0.5) is 0 Å². The fourth-order valence-electron chi connectivity index (χ4n) is 2.37. The molecule has 0 aromatic heterocycles. The molecule has 1 aliphatic rings. The van der Waals surface area contributed by atoms with Crippen LogP contribution in [0.2, 0.25) is 0 Å². The summed E-state index contributed by atoms with van der Waals surface area (Å²) in [7, 11) is -3.72. The van der Waals surface area contributed by atoms with Crippen LogP contribution in [0.15, 0.2) is 29.2 Å². The van der Waals surface area contributed by atoms with Gasteiger partial charge in [-0.2, -0.15) is 4.31 Å². The van der Waals surface area contributed by atoms with Gasteiger partial charge in [0.05, 0.1) is 10.5 Å². The van der Waals surface area contributed by atoms with Crippen molar-refractivity contribution in [2.75, 3.05) is 13.1 Å². The topological polar surface area (TPSA) is 74.7 Å². The number of nitrogens with zero attached hydrogens (tertiary/aromatic N) is 1. The Balaban J connectivity index is 2.42. The average molecular weight is 283 g/mol. The van der Waals surface area contributed by atoms with Crippen LogP contribution in [0, 0.1) is 5.92 Å². The molecule has 5 nitrogen and oxygen atoms in total. The summed E-state index contributed by atoms with van der Waals surface area (Å²) in [6.45, 7) is 2.92. The van der Waals surface area contributed by atoms with Crippen LogP contribution in [0.25, 0.3) is 0 Å². The van der Waals surface area contributed by atoms with Crippen LogP contribution in [-0.4, -0.2) is 36.9 Å². The monoisotopic (exact) mass is 283 g/mol. The first-order valence-electron chi connectivity index (χ1n) is 6.25. The second-order valence-electron chi connectivity index (χ2n) is 4.91. The highest BCUT2D eigenvalue weighted by Crippen LogP contribution is 2.25. The normalized spacial score (nSPS) is 21.2. The zero-order valence-corrected chi connectivity index (χ0v) is 11.6. The standard InChI is InChI=1S/C13H17NO4S/c1-10-5-4-8-14(9-10)19(17,18)12-7-3-2-6-11(12)13(15)16/h2-3,6-7,10H,4-5,8-9H2,1H3,(H,15,16). The molecule has 1 aromatic carbocycles. The highest BCUT2D eigenvalue weighted by molar-refractivity contribution is 7.89. The number of benzene rings is 1. The molecule has 0 spiro atoms. The van der Waals surface area contributed by atoms with Crippen molar-refractivity contribution in [1.29, 1.82) is 0 Å². The minimum absolute atomic E-state index is 0.114. The van der Waals surface area contributed by atoms with Gasteiger partial charge >= 0.3 is 5.97 Å². The van der Waals surface area contributed by atoms with E-state index in [4.69, 9.17) is 5.11 Å². The molecule has 1 unspecified atom stereocenters. The van der Waals surface area contributed by atoms with Gasteiger partial charge in [-0.3, -0.25) is 0 Å². The lowest BCUT2D eigenvalue weighted by Crippen LogP contribution is -2.39. The van der Waals surface area contributed by atoms with Gasteiger partial charge in [-0.25, -0.2) is 13.2 Å². The zero-order chi connectivity index (χ0) is 14.0. The Hall–Kier alpha value is -1.40. The second-order valence-corrected chi connectivity index (χ2v) is 6.82. The van der Waals surface area contributed by atoms with Crippen molar-refractivity contribution in [1.82, 2.24) is 4.31 Å². The summed E-state index contributed by atoms with van der Waals surface area (Å²) in [5.41, 5.74) is -0.166. The molecule has 1 aliphatic heterocycles. The predicted octanol–water partition coefficient (Wildman–Crippen LogP) is 1.81.